The summed E-state index contributed by atoms with van der Waals surface area (Å²) < 4.78 is 34.8. The molecule has 1 aliphatic rings. The molecule has 29 heteroatoms. The molecular formula is C70H113N13O15S. The van der Waals surface area contributed by atoms with Gasteiger partial charge in [0.2, 0.25) is 65.0 Å². The summed E-state index contributed by atoms with van der Waals surface area (Å²) in [7, 11) is 5.03. The molecule has 2 heterocycles. The number of H-pyrrole nitrogens is 1. The molecule has 28 nitrogen and oxygen atoms in total. The number of benzene rings is 2. The molecule has 2 aromatic carbocycles. The van der Waals surface area contributed by atoms with Crippen molar-refractivity contribution in [3.63, 3.8) is 0 Å². The average molecular weight is 1410 g/mol. The molecule has 0 aliphatic carbocycles. The van der Waals surface area contributed by atoms with E-state index in [0.29, 0.717) is 16.4 Å². The van der Waals surface area contributed by atoms with Gasteiger partial charge in [-0.3, -0.25) is 57.3 Å². The number of amides is 11. The number of imidazole rings is 1. The number of likely N-dealkylation sites (N-methyl/N-ethyl adjacent to an activating group) is 7. The summed E-state index contributed by atoms with van der Waals surface area (Å²) in [6.07, 6.45) is -1.47. The van der Waals surface area contributed by atoms with Crippen LogP contribution in [0.1, 0.15) is 149 Å². The van der Waals surface area contributed by atoms with E-state index in [0.717, 1.165) is 9.80 Å². The van der Waals surface area contributed by atoms with Gasteiger partial charge in [0.15, 0.2) is 0 Å². The van der Waals surface area contributed by atoms with Crippen LogP contribution >= 0.6 is 0 Å². The van der Waals surface area contributed by atoms with Crippen molar-refractivity contribution in [2.24, 2.45) is 41.4 Å². The number of fused-ring (bicyclic) bond motifs is 3. The van der Waals surface area contributed by atoms with Crippen LogP contribution in [0.4, 0.5) is 0 Å². The Kier molecular flexibility index (Phi) is 30.0. The summed E-state index contributed by atoms with van der Waals surface area (Å²) in [6, 6.07) is -5.69. The van der Waals surface area contributed by atoms with Crippen LogP contribution in [-0.4, -0.2) is 250 Å². The lowest BCUT2D eigenvalue weighted by Crippen LogP contribution is -2.63. The average Bonchev–Trinajstić information content (AvgIpc) is 1.75. The first-order chi connectivity index (χ1) is 45.8. The molecule has 0 saturated carbocycles. The molecule has 1 aromatic heterocycles. The molecule has 7 N–H and O–H groups in total. The van der Waals surface area contributed by atoms with E-state index in [-0.39, 0.29) is 78.3 Å². The summed E-state index contributed by atoms with van der Waals surface area (Å²) in [4.78, 5) is 178. The number of nitrogens with zero attached hydrogens (tertiary/aromatic N) is 8. The molecule has 0 radical (unpaired) electrons. The first-order valence-electron chi connectivity index (χ1n) is 34.4. The number of hydrogen-bond acceptors (Lipinski definition) is 15. The van der Waals surface area contributed by atoms with Crippen LogP contribution in [0.25, 0.3) is 21.8 Å². The van der Waals surface area contributed by atoms with Crippen molar-refractivity contribution in [1.29, 1.82) is 0 Å². The second-order valence-corrected chi connectivity index (χ2v) is 30.9. The maximum atomic E-state index is 15.5. The molecule has 11 amide bonds. The number of aliphatic hydroxyl groups is 1. The lowest BCUT2D eigenvalue weighted by molar-refractivity contribution is -0.157. The highest BCUT2D eigenvalue weighted by Gasteiger charge is 2.46. The second kappa shape index (κ2) is 35.5. The van der Waals surface area contributed by atoms with Crippen LogP contribution < -0.4 is 21.3 Å². The number of aliphatic hydroxyl groups excluding tert-OH is 1. The minimum Gasteiger partial charge on any atom is -0.390 e. The molecule has 12 atom stereocenters. The van der Waals surface area contributed by atoms with E-state index in [1.54, 1.807) is 53.7 Å². The third kappa shape index (κ3) is 20.9. The fraction of sp³-hybridized carbons (Fsp3) is 0.686. The summed E-state index contributed by atoms with van der Waals surface area (Å²) in [5.74, 6) is -10.7. The highest BCUT2D eigenvalue weighted by atomic mass is 32.2. The highest BCUT2D eigenvalue weighted by molar-refractivity contribution is 7.86. The highest BCUT2D eigenvalue weighted by Crippen LogP contribution is 2.31. The van der Waals surface area contributed by atoms with E-state index in [4.69, 9.17) is 4.98 Å². The molecule has 12 unspecified atom stereocenters. The standard InChI is InChI=1S/C70H113N13O15S/c1-24-47-66(91)77(17)35-55(84)78(18)49(30-36(2)3)63(88)76-56(40(10)11)69(94)79(19)50(31-37(4)5)62(87)71-43(15)61(86)72-44(16)65(90)80(20)51(32-38(6)7)67(92)81(21)52(33-39(8)9)68(93)82(22)58(41(12)13)70(95)83(23)59(64(89)74-47)60(85)42(14)34-54-73-48-29-28-45-46(57(48)75-54)26-25-27-53(45)99(96,97)98/h25-29,36-44,47,49-52,56,58-60,85H,24,30-35H2,1-23H3,(H,71,87)(H,72,86)(H,73,75)(H,74,89)(H,76,88)(H,96,97,98). The monoisotopic (exact) mass is 1410 g/mol. The number of aromatic nitrogens is 2. The Morgan fingerprint density at radius 1 is 0.505 bits per heavy atom. The van der Waals surface area contributed by atoms with Gasteiger partial charge in [0.25, 0.3) is 10.1 Å². The van der Waals surface area contributed by atoms with E-state index >= 15 is 19.2 Å². The van der Waals surface area contributed by atoms with E-state index in [9.17, 15) is 51.6 Å². The van der Waals surface area contributed by atoms with Crippen molar-refractivity contribution in [1.82, 2.24) is 65.5 Å². The van der Waals surface area contributed by atoms with Crippen LogP contribution in [0, 0.1) is 41.4 Å². The van der Waals surface area contributed by atoms with E-state index < -0.39 is 166 Å². The van der Waals surface area contributed by atoms with Gasteiger partial charge in [-0.15, -0.1) is 0 Å². The van der Waals surface area contributed by atoms with Gasteiger partial charge in [0, 0.05) is 66.5 Å². The van der Waals surface area contributed by atoms with Gasteiger partial charge < -0.3 is 65.7 Å². The Morgan fingerprint density at radius 3 is 1.48 bits per heavy atom. The zero-order valence-corrected chi connectivity index (χ0v) is 63.2. The lowest BCUT2D eigenvalue weighted by atomic mass is 9.91. The summed E-state index contributed by atoms with van der Waals surface area (Å²) >= 11 is 0. The van der Waals surface area contributed by atoms with E-state index in [1.807, 2.05) is 55.4 Å². The Balaban J connectivity index is 1.94. The third-order valence-electron chi connectivity index (χ3n) is 18.6. The van der Waals surface area contributed by atoms with Crippen molar-refractivity contribution >= 4 is 96.9 Å². The predicted octanol–water partition coefficient (Wildman–Crippen LogP) is 3.82. The molecule has 1 aliphatic heterocycles. The maximum Gasteiger partial charge on any atom is 0.295 e. The van der Waals surface area contributed by atoms with Gasteiger partial charge in [-0.05, 0) is 99.5 Å². The number of hydrogen-bond donors (Lipinski definition) is 7. The van der Waals surface area contributed by atoms with Crippen LogP contribution in [-0.2, 0) is 69.3 Å². The van der Waals surface area contributed by atoms with Gasteiger partial charge in [0.05, 0.1) is 23.7 Å². The van der Waals surface area contributed by atoms with E-state index in [1.165, 1.54) is 106 Å². The molecule has 99 heavy (non-hydrogen) atoms. The predicted molar refractivity (Wildman–Crippen MR) is 376 cm³/mol. The number of nitrogens with one attached hydrogen (secondary N) is 5. The normalized spacial score (nSPS) is 25.0. The molecule has 3 aromatic rings. The summed E-state index contributed by atoms with van der Waals surface area (Å²) in [5, 5.41) is 24.2. The quantitative estimate of drug-likeness (QED) is 0.100. The molecular weight excluding hydrogens is 1290 g/mol. The van der Waals surface area contributed by atoms with Crippen molar-refractivity contribution in [3.05, 3.63) is 36.2 Å². The minimum atomic E-state index is -4.64. The topological polar surface area (TPSA) is 362 Å². The van der Waals surface area contributed by atoms with Gasteiger partial charge in [-0.2, -0.15) is 8.42 Å². The van der Waals surface area contributed by atoms with E-state index in [2.05, 4.69) is 26.3 Å². The second-order valence-electron chi connectivity index (χ2n) is 29.5. The first kappa shape index (κ1) is 83.6. The lowest BCUT2D eigenvalue weighted by Gasteiger charge is -2.41. The Hall–Kier alpha value is -7.79. The Labute approximate surface area is 584 Å². The third-order valence-corrected chi connectivity index (χ3v) is 19.6. The van der Waals surface area contributed by atoms with Crippen molar-refractivity contribution in [3.8, 4) is 0 Å². The number of rotatable bonds is 16. The Morgan fingerprint density at radius 2 is 0.980 bits per heavy atom. The van der Waals surface area contributed by atoms with Crippen LogP contribution in [0.3, 0.4) is 0 Å². The van der Waals surface area contributed by atoms with Crippen LogP contribution in [0.2, 0.25) is 0 Å². The largest absolute Gasteiger partial charge is 0.390 e. The summed E-state index contributed by atoms with van der Waals surface area (Å²) in [6.45, 7) is 27.0. The van der Waals surface area contributed by atoms with Crippen LogP contribution in [0.5, 0.6) is 0 Å². The maximum absolute atomic E-state index is 15.5. The van der Waals surface area contributed by atoms with Gasteiger partial charge in [0.1, 0.15) is 71.1 Å². The van der Waals surface area contributed by atoms with Crippen molar-refractivity contribution in [2.75, 3.05) is 55.9 Å². The van der Waals surface area contributed by atoms with Gasteiger partial charge >= 0.3 is 0 Å². The zero-order valence-electron chi connectivity index (χ0n) is 62.4. The van der Waals surface area contributed by atoms with Crippen molar-refractivity contribution < 1.29 is 70.8 Å². The fourth-order valence-corrected chi connectivity index (χ4v) is 13.5. The molecule has 4 rings (SSSR count). The molecule has 554 valence electrons. The minimum absolute atomic E-state index is 0.0667. The van der Waals surface area contributed by atoms with Gasteiger partial charge in [-0.1, -0.05) is 115 Å². The van der Waals surface area contributed by atoms with Crippen LogP contribution in [0.15, 0.2) is 35.2 Å². The SMILES string of the molecule is CCC1NC(=O)C(C(O)C(C)Cc2nc3c(ccc4c(S(=O)(=O)O)cccc43)[nH]2)N(C)C(=O)C(C(C)C)N(C)C(=O)C(CC(C)C)N(C)C(=O)C(CC(C)C)N(C)C(=O)C(C)NC(=O)C(C)NC(=O)C(CC(C)C)N(C)C(=O)C(C(C)C)NC(=O)C(CC(C)C)N(C)C(=O)CN(C)C1=O. The first-order valence-corrected chi connectivity index (χ1v) is 35.9. The fourth-order valence-electron chi connectivity index (χ4n) is 12.8. The zero-order chi connectivity index (χ0) is 75.5. The molecule has 0 spiro atoms. The number of aromatic amines is 1. The number of carbonyl (C=O) groups excluding carboxylic acids is 11. The molecule has 0 bridgehead atoms. The summed E-state index contributed by atoms with van der Waals surface area (Å²) in [5.41, 5.74) is 0.808. The molecule has 1 fully saturated rings. The number of carbonyl (C=O) groups is 11. The van der Waals surface area contributed by atoms with Crippen molar-refractivity contribution in [2.45, 2.75) is 221 Å². The molecule has 1 saturated heterocycles. The van der Waals surface area contributed by atoms with Gasteiger partial charge in [-0.25, -0.2) is 4.98 Å². The smallest absolute Gasteiger partial charge is 0.295 e. The Bertz CT molecular complexity index is 3520.